The van der Waals surface area contributed by atoms with E-state index in [-0.39, 0.29) is 0 Å². The number of halogens is 1. The Balaban J connectivity index is 1.92. The second kappa shape index (κ2) is 7.59. The molecule has 0 saturated carbocycles. The van der Waals surface area contributed by atoms with Gasteiger partial charge in [0.1, 0.15) is 0 Å². The smallest absolute Gasteiger partial charge is 0.0946 e. The minimum absolute atomic E-state index is 0.448. The van der Waals surface area contributed by atoms with Crippen LogP contribution in [0.5, 0.6) is 0 Å². The fraction of sp³-hybridized carbons (Fsp3) is 0.400. The van der Waals surface area contributed by atoms with E-state index < -0.39 is 0 Å². The van der Waals surface area contributed by atoms with Crippen LogP contribution in [0.3, 0.4) is 0 Å². The van der Waals surface area contributed by atoms with E-state index in [9.17, 15) is 0 Å². The second-order valence-electron chi connectivity index (χ2n) is 4.71. The van der Waals surface area contributed by atoms with E-state index in [4.69, 9.17) is 0 Å². The van der Waals surface area contributed by atoms with Crippen molar-refractivity contribution in [3.63, 3.8) is 0 Å². The molecule has 1 N–H and O–H groups in total. The molecule has 0 radical (unpaired) electrons. The first kappa shape index (κ1) is 16.0. The van der Waals surface area contributed by atoms with Gasteiger partial charge in [-0.15, -0.1) is 23.1 Å². The molecule has 2 nitrogen and oxygen atoms in total. The highest BCUT2D eigenvalue weighted by molar-refractivity contribution is 9.10. The number of thiazole rings is 1. The number of aryl methyl sites for hydroxylation is 2. The largest absolute Gasteiger partial charge is 0.316 e. The predicted octanol–water partition coefficient (Wildman–Crippen LogP) is 4.45. The van der Waals surface area contributed by atoms with Gasteiger partial charge < -0.3 is 5.32 Å². The van der Waals surface area contributed by atoms with Gasteiger partial charge in [-0.3, -0.25) is 0 Å². The molecule has 5 heteroatoms. The molecule has 1 aromatic heterocycles. The van der Waals surface area contributed by atoms with E-state index in [2.05, 4.69) is 64.3 Å². The summed E-state index contributed by atoms with van der Waals surface area (Å²) in [6.45, 7) is 4.22. The van der Waals surface area contributed by atoms with Crippen molar-refractivity contribution in [3.05, 3.63) is 44.3 Å². The number of benzene rings is 1. The van der Waals surface area contributed by atoms with Crippen LogP contribution in [0.15, 0.2) is 33.6 Å². The van der Waals surface area contributed by atoms with Crippen LogP contribution in [0.25, 0.3) is 0 Å². The second-order valence-corrected chi connectivity index (χ2v) is 8.00. The van der Waals surface area contributed by atoms with Crippen molar-refractivity contribution in [3.8, 4) is 0 Å². The molecule has 0 amide bonds. The van der Waals surface area contributed by atoms with Crippen molar-refractivity contribution in [1.82, 2.24) is 10.3 Å². The fourth-order valence-corrected chi connectivity index (χ4v) is 4.46. The molecule has 1 atom stereocenters. The Labute approximate surface area is 137 Å². The van der Waals surface area contributed by atoms with Gasteiger partial charge in [0.25, 0.3) is 0 Å². The Kier molecular flexibility index (Phi) is 6.08. The van der Waals surface area contributed by atoms with Gasteiger partial charge in [0.05, 0.1) is 10.7 Å². The van der Waals surface area contributed by atoms with E-state index in [0.717, 1.165) is 16.6 Å². The molecule has 0 fully saturated rings. The number of nitrogens with zero attached hydrogens (tertiary/aromatic N) is 1. The lowest BCUT2D eigenvalue weighted by Gasteiger charge is -2.14. The average Bonchev–Trinajstić information content (AvgIpc) is 2.73. The number of hydrogen-bond acceptors (Lipinski definition) is 4. The van der Waals surface area contributed by atoms with Crippen molar-refractivity contribution in [2.45, 2.75) is 31.2 Å². The van der Waals surface area contributed by atoms with Crippen LogP contribution in [0, 0.1) is 13.8 Å². The highest BCUT2D eigenvalue weighted by Crippen LogP contribution is 2.24. The minimum Gasteiger partial charge on any atom is -0.316 e. The maximum Gasteiger partial charge on any atom is 0.0946 e. The fourth-order valence-electron chi connectivity index (χ4n) is 1.84. The monoisotopic (exact) mass is 370 g/mol. The molecule has 0 aliphatic heterocycles. The number of aromatic nitrogens is 1. The number of hydrogen-bond donors (Lipinski definition) is 1. The first-order valence-electron chi connectivity index (χ1n) is 6.57. The SMILES string of the molecule is CNC(CSc1cccc(Br)c1)Cc1nc(C)c(C)s1. The lowest BCUT2D eigenvalue weighted by molar-refractivity contribution is 0.615. The molecule has 108 valence electrons. The predicted molar refractivity (Wildman–Crippen MR) is 93.0 cm³/mol. The summed E-state index contributed by atoms with van der Waals surface area (Å²) in [5, 5.41) is 4.63. The molecule has 0 saturated heterocycles. The third kappa shape index (κ3) is 4.58. The molecular formula is C15H19BrN2S2. The van der Waals surface area contributed by atoms with Crippen molar-refractivity contribution in [2.75, 3.05) is 12.8 Å². The van der Waals surface area contributed by atoms with E-state index in [0.29, 0.717) is 6.04 Å². The quantitative estimate of drug-likeness (QED) is 0.760. The van der Waals surface area contributed by atoms with Crippen LogP contribution in [-0.4, -0.2) is 23.8 Å². The van der Waals surface area contributed by atoms with Gasteiger partial charge >= 0.3 is 0 Å². The van der Waals surface area contributed by atoms with Crippen LogP contribution in [0.4, 0.5) is 0 Å². The molecule has 0 bridgehead atoms. The van der Waals surface area contributed by atoms with E-state index in [1.165, 1.54) is 20.5 Å². The molecule has 20 heavy (non-hydrogen) atoms. The maximum atomic E-state index is 4.63. The molecule has 2 aromatic rings. The lowest BCUT2D eigenvalue weighted by Crippen LogP contribution is -2.30. The highest BCUT2D eigenvalue weighted by Gasteiger charge is 2.12. The van der Waals surface area contributed by atoms with E-state index in [1.54, 1.807) is 0 Å². The van der Waals surface area contributed by atoms with Crippen LogP contribution >= 0.6 is 39.0 Å². The molecule has 0 aliphatic rings. The van der Waals surface area contributed by atoms with Gasteiger partial charge in [-0.2, -0.15) is 0 Å². The summed E-state index contributed by atoms with van der Waals surface area (Å²) in [7, 11) is 2.03. The summed E-state index contributed by atoms with van der Waals surface area (Å²) in [5.74, 6) is 1.05. The zero-order valence-corrected chi connectivity index (χ0v) is 15.2. The van der Waals surface area contributed by atoms with Gasteiger partial charge in [0, 0.05) is 32.5 Å². The Morgan fingerprint density at radius 2 is 2.20 bits per heavy atom. The molecule has 0 aliphatic carbocycles. The van der Waals surface area contributed by atoms with Crippen LogP contribution in [0.2, 0.25) is 0 Å². The highest BCUT2D eigenvalue weighted by atomic mass is 79.9. The van der Waals surface area contributed by atoms with E-state index >= 15 is 0 Å². The minimum atomic E-state index is 0.448. The number of thioether (sulfide) groups is 1. The van der Waals surface area contributed by atoms with Crippen molar-refractivity contribution < 1.29 is 0 Å². The van der Waals surface area contributed by atoms with Crippen LogP contribution in [-0.2, 0) is 6.42 Å². The van der Waals surface area contributed by atoms with E-state index in [1.807, 2.05) is 30.1 Å². The summed E-state index contributed by atoms with van der Waals surface area (Å²) in [6, 6.07) is 8.90. The molecule has 1 heterocycles. The maximum absolute atomic E-state index is 4.63. The van der Waals surface area contributed by atoms with Gasteiger partial charge in [-0.1, -0.05) is 22.0 Å². The van der Waals surface area contributed by atoms with Gasteiger partial charge in [0.15, 0.2) is 0 Å². The van der Waals surface area contributed by atoms with Gasteiger partial charge in [-0.25, -0.2) is 4.98 Å². The van der Waals surface area contributed by atoms with Crippen LogP contribution in [0.1, 0.15) is 15.6 Å². The summed E-state index contributed by atoms with van der Waals surface area (Å²) < 4.78 is 1.13. The Morgan fingerprint density at radius 1 is 1.40 bits per heavy atom. The van der Waals surface area contributed by atoms with Crippen molar-refractivity contribution in [1.29, 1.82) is 0 Å². The van der Waals surface area contributed by atoms with Gasteiger partial charge in [-0.05, 0) is 39.1 Å². The zero-order chi connectivity index (χ0) is 14.5. The normalized spacial score (nSPS) is 12.6. The molecule has 0 spiro atoms. The standard InChI is InChI=1S/C15H19BrN2S2/c1-10-11(2)20-15(18-10)8-13(17-3)9-19-14-6-4-5-12(16)7-14/h4-7,13,17H,8-9H2,1-3H3. The first-order chi connectivity index (χ1) is 9.58. The summed E-state index contributed by atoms with van der Waals surface area (Å²) in [4.78, 5) is 7.25. The third-order valence-corrected chi connectivity index (χ3v) is 5.89. The Bertz CT molecular complexity index is 549. The zero-order valence-electron chi connectivity index (χ0n) is 11.9. The molecule has 1 aromatic carbocycles. The van der Waals surface area contributed by atoms with Crippen LogP contribution < -0.4 is 5.32 Å². The lowest BCUT2D eigenvalue weighted by atomic mass is 10.2. The Hall–Kier alpha value is -0.360. The summed E-state index contributed by atoms with van der Waals surface area (Å²) >= 11 is 7.21. The molecule has 1 unspecified atom stereocenters. The first-order valence-corrected chi connectivity index (χ1v) is 9.16. The molecular weight excluding hydrogens is 352 g/mol. The van der Waals surface area contributed by atoms with Gasteiger partial charge in [0.2, 0.25) is 0 Å². The number of rotatable bonds is 6. The third-order valence-electron chi connectivity index (χ3n) is 3.15. The number of likely N-dealkylation sites (N-methyl/N-ethyl adjacent to an activating group) is 1. The summed E-state index contributed by atoms with van der Waals surface area (Å²) in [5.41, 5.74) is 1.17. The number of nitrogens with one attached hydrogen (secondary N) is 1. The summed E-state index contributed by atoms with van der Waals surface area (Å²) in [6.07, 6.45) is 0.997. The molecule has 2 rings (SSSR count). The average molecular weight is 371 g/mol. The van der Waals surface area contributed by atoms with Crippen molar-refractivity contribution in [2.24, 2.45) is 0 Å². The topological polar surface area (TPSA) is 24.9 Å². The van der Waals surface area contributed by atoms with Crippen molar-refractivity contribution >= 4 is 39.0 Å². The Morgan fingerprint density at radius 3 is 2.80 bits per heavy atom.